The maximum absolute atomic E-state index is 12.9. The van der Waals surface area contributed by atoms with Crippen LogP contribution in [0.15, 0.2) is 170 Å². The fourth-order valence-electron chi connectivity index (χ4n) is 8.58. The molecule has 82 heavy (non-hydrogen) atoms. The number of ether oxygens (including phenoxy) is 3. The van der Waals surface area contributed by atoms with Crippen molar-refractivity contribution in [3.05, 3.63) is 170 Å². The zero-order chi connectivity index (χ0) is 59.2. The molecule has 460 valence electrons. The fraction of sp³-hybridized carbons (Fsp3) is 0.592. The number of rotatable bonds is 58. The van der Waals surface area contributed by atoms with Crippen LogP contribution in [0.1, 0.15) is 271 Å². The van der Waals surface area contributed by atoms with Crippen LogP contribution in [0.25, 0.3) is 0 Å². The van der Waals surface area contributed by atoms with Crippen molar-refractivity contribution in [2.45, 2.75) is 277 Å². The summed E-state index contributed by atoms with van der Waals surface area (Å²) < 4.78 is 16.8. The molecule has 0 amide bonds. The molecule has 1 atom stereocenters. The van der Waals surface area contributed by atoms with Crippen molar-refractivity contribution in [1.29, 1.82) is 0 Å². The molecule has 0 saturated carbocycles. The first kappa shape index (κ1) is 76.8. The lowest BCUT2D eigenvalue weighted by molar-refractivity contribution is -0.167. The second-order valence-electron chi connectivity index (χ2n) is 21.3. The van der Waals surface area contributed by atoms with Crippen LogP contribution < -0.4 is 0 Å². The molecular weight excluding hydrogens is 1010 g/mol. The van der Waals surface area contributed by atoms with Gasteiger partial charge in [0, 0.05) is 19.3 Å². The van der Waals surface area contributed by atoms with Gasteiger partial charge in [0.2, 0.25) is 0 Å². The van der Waals surface area contributed by atoms with Crippen LogP contribution in [0.4, 0.5) is 0 Å². The van der Waals surface area contributed by atoms with Crippen molar-refractivity contribution in [2.75, 3.05) is 13.2 Å². The highest BCUT2D eigenvalue weighted by molar-refractivity contribution is 5.71. The third-order valence-electron chi connectivity index (χ3n) is 13.5. The van der Waals surface area contributed by atoms with E-state index in [-0.39, 0.29) is 31.1 Å². The van der Waals surface area contributed by atoms with Crippen molar-refractivity contribution in [3.63, 3.8) is 0 Å². The molecule has 6 nitrogen and oxygen atoms in total. The average molecular weight is 1130 g/mol. The number of allylic oxidation sites excluding steroid dienone is 28. The summed E-state index contributed by atoms with van der Waals surface area (Å²) in [6, 6.07) is 0. The standard InChI is InChI=1S/C76H120O6/c1-4-7-10-13-16-19-21-23-25-27-29-31-32-33-34-35-36-37-38-39-40-41-42-43-44-46-47-49-51-53-55-57-60-63-66-69-75(78)81-72-73(71-80-74(77)68-65-62-59-18-15-12-9-6-3)82-76(79)70-67-64-61-58-56-54-52-50-48-45-30-28-26-24-22-20-17-14-11-8-5-2/h7-8,10-11,16-17,19-20,23-26,29-31,33-34,36-37,39-40,42-43,45-47,51,53,73H,4-6,9,12-15,18,21-22,27-28,32,35,38,41,44,48-50,52,54-72H2,1-3H3/b10-7-,11-8-,19-16-,20-17-,25-23-,26-24-,31-29-,34-33-,37-36-,40-39-,43-42-,45-30-,47-46-,53-51-. The molecule has 0 aliphatic carbocycles. The topological polar surface area (TPSA) is 78.9 Å². The molecule has 1 unspecified atom stereocenters. The molecule has 0 aromatic heterocycles. The zero-order valence-electron chi connectivity index (χ0n) is 52.7. The van der Waals surface area contributed by atoms with Crippen LogP contribution in [0, 0.1) is 0 Å². The minimum absolute atomic E-state index is 0.0946. The van der Waals surface area contributed by atoms with Gasteiger partial charge in [-0.25, -0.2) is 0 Å². The Bertz CT molecular complexity index is 1870. The molecule has 6 heteroatoms. The Kier molecular flexibility index (Phi) is 63.9. The minimum Gasteiger partial charge on any atom is -0.462 e. The maximum Gasteiger partial charge on any atom is 0.306 e. The predicted octanol–water partition coefficient (Wildman–Crippen LogP) is 23.0. The average Bonchev–Trinajstić information content (AvgIpc) is 3.47. The lowest BCUT2D eigenvalue weighted by Gasteiger charge is -2.18. The first-order valence-corrected chi connectivity index (χ1v) is 33.1. The molecule has 0 N–H and O–H groups in total. The van der Waals surface area contributed by atoms with Crippen molar-refractivity contribution >= 4 is 17.9 Å². The first-order chi connectivity index (χ1) is 40.5. The quantitative estimate of drug-likeness (QED) is 0.0261. The second kappa shape index (κ2) is 68.3. The van der Waals surface area contributed by atoms with Gasteiger partial charge in [-0.2, -0.15) is 0 Å². The predicted molar refractivity (Wildman–Crippen MR) is 357 cm³/mol. The van der Waals surface area contributed by atoms with E-state index in [2.05, 4.69) is 191 Å². The zero-order valence-corrected chi connectivity index (χ0v) is 52.7. The van der Waals surface area contributed by atoms with Gasteiger partial charge < -0.3 is 14.2 Å². The molecule has 0 heterocycles. The van der Waals surface area contributed by atoms with E-state index in [4.69, 9.17) is 14.2 Å². The summed E-state index contributed by atoms with van der Waals surface area (Å²) in [6.07, 6.45) is 101. The number of hydrogen-bond acceptors (Lipinski definition) is 6. The molecule has 0 spiro atoms. The first-order valence-electron chi connectivity index (χ1n) is 33.1. The molecule has 0 aliphatic rings. The van der Waals surface area contributed by atoms with Gasteiger partial charge in [0.25, 0.3) is 0 Å². The van der Waals surface area contributed by atoms with Crippen molar-refractivity contribution < 1.29 is 28.6 Å². The van der Waals surface area contributed by atoms with E-state index >= 15 is 0 Å². The van der Waals surface area contributed by atoms with Gasteiger partial charge in [-0.15, -0.1) is 0 Å². The van der Waals surface area contributed by atoms with E-state index < -0.39 is 6.10 Å². The summed E-state index contributed by atoms with van der Waals surface area (Å²) in [7, 11) is 0. The summed E-state index contributed by atoms with van der Waals surface area (Å²) in [5, 5.41) is 0. The van der Waals surface area contributed by atoms with Gasteiger partial charge >= 0.3 is 17.9 Å². The Labute approximate surface area is 504 Å². The van der Waals surface area contributed by atoms with Crippen LogP contribution in [0.2, 0.25) is 0 Å². The van der Waals surface area contributed by atoms with Crippen LogP contribution in [0.5, 0.6) is 0 Å². The molecule has 0 saturated heterocycles. The normalized spacial score (nSPS) is 13.3. The molecule has 0 fully saturated rings. The van der Waals surface area contributed by atoms with Gasteiger partial charge in [-0.05, 0) is 135 Å². The Hall–Kier alpha value is -5.23. The van der Waals surface area contributed by atoms with Gasteiger partial charge in [0.15, 0.2) is 6.10 Å². The smallest absolute Gasteiger partial charge is 0.306 e. The highest BCUT2D eigenvalue weighted by Crippen LogP contribution is 2.14. The largest absolute Gasteiger partial charge is 0.462 e. The third kappa shape index (κ3) is 65.6. The second-order valence-corrected chi connectivity index (χ2v) is 21.3. The lowest BCUT2D eigenvalue weighted by atomic mass is 10.1. The minimum atomic E-state index is -0.799. The van der Waals surface area contributed by atoms with Crippen LogP contribution in [-0.4, -0.2) is 37.2 Å². The Morgan fingerprint density at radius 1 is 0.256 bits per heavy atom. The van der Waals surface area contributed by atoms with E-state index in [1.54, 1.807) is 0 Å². The van der Waals surface area contributed by atoms with Crippen LogP contribution in [-0.2, 0) is 28.6 Å². The lowest BCUT2D eigenvalue weighted by Crippen LogP contribution is -2.30. The fourth-order valence-corrected chi connectivity index (χ4v) is 8.58. The number of esters is 3. The summed E-state index contributed by atoms with van der Waals surface area (Å²) in [4.78, 5) is 38.2. The molecule has 0 rings (SSSR count). The SMILES string of the molecule is CC/C=C\C/C=C\C/C=C\C/C=C\C/C=C\C/C=C\C/C=C\C/C=C\C/C=C\C/C=C\CCCCCCC(=O)OCC(COC(=O)CCCCCCCCCC)OC(=O)CCCCCCCCCC/C=C\C/C=C\C/C=C\C/C=C\CC. The third-order valence-corrected chi connectivity index (χ3v) is 13.5. The molecule has 0 aliphatic heterocycles. The summed E-state index contributed by atoms with van der Waals surface area (Å²) >= 11 is 0. The number of unbranched alkanes of at least 4 members (excludes halogenated alkanes) is 19. The van der Waals surface area contributed by atoms with E-state index in [0.29, 0.717) is 19.3 Å². The molecule has 0 aromatic carbocycles. The van der Waals surface area contributed by atoms with E-state index in [1.807, 2.05) is 0 Å². The van der Waals surface area contributed by atoms with Gasteiger partial charge in [-0.3, -0.25) is 14.4 Å². The molecule has 0 radical (unpaired) electrons. The number of carbonyl (C=O) groups is 3. The summed E-state index contributed by atoms with van der Waals surface area (Å²) in [5.41, 5.74) is 0. The van der Waals surface area contributed by atoms with Gasteiger partial charge in [0.05, 0.1) is 0 Å². The molecule has 0 bridgehead atoms. The molecular formula is C76H120O6. The highest BCUT2D eigenvalue weighted by atomic mass is 16.6. The van der Waals surface area contributed by atoms with Crippen LogP contribution in [0.3, 0.4) is 0 Å². The summed E-state index contributed by atoms with van der Waals surface area (Å²) in [5.74, 6) is -0.937. The van der Waals surface area contributed by atoms with Crippen molar-refractivity contribution in [3.8, 4) is 0 Å². The van der Waals surface area contributed by atoms with Gasteiger partial charge in [0.1, 0.15) is 13.2 Å². The van der Waals surface area contributed by atoms with E-state index in [1.165, 1.54) is 64.2 Å². The van der Waals surface area contributed by atoms with Gasteiger partial charge in [-0.1, -0.05) is 287 Å². The maximum atomic E-state index is 12.9. The Morgan fingerprint density at radius 2 is 0.476 bits per heavy atom. The molecule has 0 aromatic rings. The number of carbonyl (C=O) groups excluding carboxylic acids is 3. The monoisotopic (exact) mass is 1130 g/mol. The van der Waals surface area contributed by atoms with Crippen LogP contribution >= 0.6 is 0 Å². The van der Waals surface area contributed by atoms with Crippen molar-refractivity contribution in [2.24, 2.45) is 0 Å². The summed E-state index contributed by atoms with van der Waals surface area (Å²) in [6.45, 7) is 6.35. The Balaban J connectivity index is 4.26. The van der Waals surface area contributed by atoms with Crippen molar-refractivity contribution in [1.82, 2.24) is 0 Å². The highest BCUT2D eigenvalue weighted by Gasteiger charge is 2.19. The number of hydrogen-bond donors (Lipinski definition) is 0. The Morgan fingerprint density at radius 3 is 0.744 bits per heavy atom. The van der Waals surface area contributed by atoms with E-state index in [9.17, 15) is 14.4 Å². The van der Waals surface area contributed by atoms with E-state index in [0.717, 1.165) is 167 Å².